The summed E-state index contributed by atoms with van der Waals surface area (Å²) < 4.78 is 1.65. The molecule has 1 fully saturated rings. The van der Waals surface area contributed by atoms with E-state index in [-0.39, 0.29) is 11.6 Å². The van der Waals surface area contributed by atoms with Gasteiger partial charge in [-0.05, 0) is 32.9 Å². The van der Waals surface area contributed by atoms with E-state index < -0.39 is 11.6 Å². The molecule has 0 amide bonds. The Morgan fingerprint density at radius 1 is 1.43 bits per heavy atom. The van der Waals surface area contributed by atoms with E-state index in [1.807, 2.05) is 44.0 Å². The Hall–Kier alpha value is -1.88. The number of nitrogens with zero attached hydrogens (tertiary/aromatic N) is 3. The summed E-state index contributed by atoms with van der Waals surface area (Å²) in [6.45, 7) is 7.75. The number of aryl methyl sites for hydroxylation is 1. The van der Waals surface area contributed by atoms with Gasteiger partial charge in [-0.3, -0.25) is 9.80 Å². The Balaban J connectivity index is 2.24. The highest BCUT2D eigenvalue weighted by Gasteiger charge is 2.61. The zero-order valence-electron chi connectivity index (χ0n) is 12.9. The van der Waals surface area contributed by atoms with Gasteiger partial charge in [0.25, 0.3) is 5.56 Å². The molecule has 1 aliphatic heterocycles. The van der Waals surface area contributed by atoms with Crippen molar-refractivity contribution in [2.45, 2.75) is 51.8 Å². The molecule has 3 rings (SSSR count). The lowest BCUT2D eigenvalue weighted by atomic mass is 10.0. The molecule has 1 saturated heterocycles. The number of hydrogen-bond acceptors (Lipinski definition) is 4. The highest BCUT2D eigenvalue weighted by molar-refractivity contribution is 5.77. The van der Waals surface area contributed by atoms with E-state index in [9.17, 15) is 9.90 Å². The molecule has 5 nitrogen and oxygen atoms in total. The normalized spacial score (nSPS) is 26.1. The molecule has 1 aromatic heterocycles. The molecular formula is C16H21N3O2. The Bertz CT molecular complexity index is 753. The number of aromatic nitrogens is 2. The maximum atomic E-state index is 12.8. The average Bonchev–Trinajstić information content (AvgIpc) is 3.02. The third-order valence-corrected chi connectivity index (χ3v) is 4.84. The average molecular weight is 287 g/mol. The molecule has 5 heteroatoms. The number of benzene rings is 1. The summed E-state index contributed by atoms with van der Waals surface area (Å²) in [5.41, 5.74) is 0.246. The van der Waals surface area contributed by atoms with Crippen LogP contribution in [-0.2, 0) is 6.42 Å². The summed E-state index contributed by atoms with van der Waals surface area (Å²) in [6, 6.07) is 7.50. The predicted octanol–water partition coefficient (Wildman–Crippen LogP) is 1.44. The van der Waals surface area contributed by atoms with Gasteiger partial charge in [0.05, 0.1) is 23.0 Å². The Labute approximate surface area is 123 Å². The highest BCUT2D eigenvalue weighted by atomic mass is 16.3. The molecule has 0 bridgehead atoms. The van der Waals surface area contributed by atoms with Crippen LogP contribution >= 0.6 is 0 Å². The SMILES string of the molecule is CCc1nc2ccccc2c(=O)n1N1[C@@H](C)[C@@]1(C)[C@@H](C)O. The Morgan fingerprint density at radius 3 is 2.67 bits per heavy atom. The van der Waals surface area contributed by atoms with Crippen LogP contribution in [0.5, 0.6) is 0 Å². The summed E-state index contributed by atoms with van der Waals surface area (Å²) in [6.07, 6.45) is 0.148. The van der Waals surface area contributed by atoms with Crippen molar-refractivity contribution in [1.82, 2.24) is 9.66 Å². The fourth-order valence-corrected chi connectivity index (χ4v) is 3.10. The van der Waals surface area contributed by atoms with Crippen LogP contribution in [0.25, 0.3) is 10.9 Å². The molecule has 1 aliphatic rings. The molecule has 0 aliphatic carbocycles. The van der Waals surface area contributed by atoms with E-state index in [1.54, 1.807) is 17.7 Å². The number of hydrogen-bond donors (Lipinski definition) is 1. The van der Waals surface area contributed by atoms with Gasteiger partial charge < -0.3 is 5.11 Å². The number of rotatable bonds is 3. The Kier molecular flexibility index (Phi) is 3.06. The standard InChI is InChI=1S/C16H21N3O2/c1-5-14-17-13-9-7-6-8-12(13)15(21)18(14)19-10(2)16(19,4)11(3)20/h6-11,20H,5H2,1-4H3/t10-,11+,16-,19?/m0/s1. The maximum Gasteiger partial charge on any atom is 0.280 e. The Morgan fingerprint density at radius 2 is 2.10 bits per heavy atom. The second-order valence-electron chi connectivity index (χ2n) is 5.94. The van der Waals surface area contributed by atoms with Crippen LogP contribution in [0, 0.1) is 0 Å². The second-order valence-corrected chi connectivity index (χ2v) is 5.94. The minimum Gasteiger partial charge on any atom is -0.391 e. The number of para-hydroxylation sites is 1. The largest absolute Gasteiger partial charge is 0.391 e. The summed E-state index contributed by atoms with van der Waals surface area (Å²) in [4.78, 5) is 17.5. The molecule has 3 atom stereocenters. The van der Waals surface area contributed by atoms with Crippen LogP contribution in [0.1, 0.15) is 33.5 Å². The quantitative estimate of drug-likeness (QED) is 0.868. The molecule has 0 saturated carbocycles. The van der Waals surface area contributed by atoms with Crippen molar-refractivity contribution < 1.29 is 5.11 Å². The fraction of sp³-hybridized carbons (Fsp3) is 0.500. The molecule has 0 radical (unpaired) electrons. The van der Waals surface area contributed by atoms with Crippen LogP contribution < -0.4 is 10.6 Å². The van der Waals surface area contributed by atoms with Crippen molar-refractivity contribution in [3.05, 3.63) is 40.4 Å². The van der Waals surface area contributed by atoms with E-state index in [2.05, 4.69) is 4.98 Å². The minimum absolute atomic E-state index is 0.0614. The molecule has 0 spiro atoms. The smallest absolute Gasteiger partial charge is 0.280 e. The van der Waals surface area contributed by atoms with Gasteiger partial charge >= 0.3 is 0 Å². The molecule has 112 valence electrons. The molecule has 1 N–H and O–H groups in total. The van der Waals surface area contributed by atoms with Gasteiger partial charge in [0.15, 0.2) is 0 Å². The maximum absolute atomic E-state index is 12.8. The second kappa shape index (κ2) is 4.56. The third-order valence-electron chi connectivity index (χ3n) is 4.84. The molecule has 1 aromatic carbocycles. The van der Waals surface area contributed by atoms with Crippen LogP contribution in [0.4, 0.5) is 0 Å². The van der Waals surface area contributed by atoms with Crippen molar-refractivity contribution in [2.75, 3.05) is 5.01 Å². The fourth-order valence-electron chi connectivity index (χ4n) is 3.10. The molecule has 2 aromatic rings. The van der Waals surface area contributed by atoms with Crippen LogP contribution in [0.3, 0.4) is 0 Å². The first kappa shape index (κ1) is 14.1. The van der Waals surface area contributed by atoms with Gasteiger partial charge in [0.2, 0.25) is 0 Å². The summed E-state index contributed by atoms with van der Waals surface area (Å²) in [5, 5.41) is 12.6. The van der Waals surface area contributed by atoms with E-state index in [1.165, 1.54) is 0 Å². The topological polar surface area (TPSA) is 58.1 Å². The van der Waals surface area contributed by atoms with E-state index in [4.69, 9.17) is 0 Å². The van der Waals surface area contributed by atoms with Gasteiger partial charge in [0, 0.05) is 6.42 Å². The van der Waals surface area contributed by atoms with Crippen molar-refractivity contribution in [3.63, 3.8) is 0 Å². The summed E-state index contributed by atoms with van der Waals surface area (Å²) in [5.74, 6) is 0.731. The minimum atomic E-state index is -0.518. The van der Waals surface area contributed by atoms with Gasteiger partial charge in [-0.25, -0.2) is 9.66 Å². The monoisotopic (exact) mass is 287 g/mol. The summed E-state index contributed by atoms with van der Waals surface area (Å²) >= 11 is 0. The molecule has 2 heterocycles. The van der Waals surface area contributed by atoms with Gasteiger partial charge in [-0.1, -0.05) is 19.1 Å². The zero-order valence-corrected chi connectivity index (χ0v) is 12.9. The molecular weight excluding hydrogens is 266 g/mol. The highest BCUT2D eigenvalue weighted by Crippen LogP contribution is 2.41. The number of fused-ring (bicyclic) bond motifs is 1. The lowest BCUT2D eigenvalue weighted by Gasteiger charge is -2.20. The van der Waals surface area contributed by atoms with Crippen molar-refractivity contribution in [3.8, 4) is 0 Å². The van der Waals surface area contributed by atoms with Crippen molar-refractivity contribution in [2.24, 2.45) is 0 Å². The van der Waals surface area contributed by atoms with Gasteiger partial charge in [0.1, 0.15) is 11.4 Å². The van der Waals surface area contributed by atoms with Gasteiger partial charge in [-0.2, -0.15) is 0 Å². The van der Waals surface area contributed by atoms with E-state index in [0.717, 1.165) is 11.3 Å². The predicted molar refractivity (Wildman–Crippen MR) is 83.1 cm³/mol. The van der Waals surface area contributed by atoms with E-state index >= 15 is 0 Å². The first-order valence-electron chi connectivity index (χ1n) is 7.41. The van der Waals surface area contributed by atoms with Gasteiger partial charge in [-0.15, -0.1) is 0 Å². The van der Waals surface area contributed by atoms with E-state index in [0.29, 0.717) is 11.8 Å². The lowest BCUT2D eigenvalue weighted by Crippen LogP contribution is -2.40. The zero-order chi connectivity index (χ0) is 15.4. The number of aliphatic hydroxyl groups excluding tert-OH is 1. The van der Waals surface area contributed by atoms with Crippen LogP contribution in [0.2, 0.25) is 0 Å². The third kappa shape index (κ3) is 1.80. The first-order valence-corrected chi connectivity index (χ1v) is 7.41. The first-order chi connectivity index (χ1) is 9.92. The van der Waals surface area contributed by atoms with Crippen molar-refractivity contribution in [1.29, 1.82) is 0 Å². The van der Waals surface area contributed by atoms with Crippen LogP contribution in [-0.4, -0.2) is 32.5 Å². The molecule has 0 unspecified atom stereocenters. The van der Waals surface area contributed by atoms with Crippen LogP contribution in [0.15, 0.2) is 29.1 Å². The molecule has 21 heavy (non-hydrogen) atoms. The lowest BCUT2D eigenvalue weighted by molar-refractivity contribution is 0.153. The van der Waals surface area contributed by atoms with Crippen molar-refractivity contribution >= 4 is 10.9 Å². The number of aliphatic hydroxyl groups is 1. The summed E-state index contributed by atoms with van der Waals surface area (Å²) in [7, 11) is 0.